The molecule has 4 heteroatoms. The molecule has 0 fully saturated rings. The van der Waals surface area contributed by atoms with Gasteiger partial charge in [0.25, 0.3) is 0 Å². The number of hydrogen-bond donors (Lipinski definition) is 1. The Bertz CT molecular complexity index is 488. The van der Waals surface area contributed by atoms with E-state index in [1.165, 1.54) is 0 Å². The molecule has 0 radical (unpaired) electrons. The van der Waals surface area contributed by atoms with Crippen LogP contribution in [0.15, 0.2) is 6.07 Å². The maximum atomic E-state index is 5.89. The number of H-pyrrole nitrogens is 1. The van der Waals surface area contributed by atoms with Gasteiger partial charge >= 0.3 is 0 Å². The molecule has 0 aliphatic heterocycles. The van der Waals surface area contributed by atoms with Gasteiger partial charge in [-0.25, -0.2) is 9.97 Å². The van der Waals surface area contributed by atoms with Crippen molar-refractivity contribution in [2.24, 2.45) is 5.92 Å². The van der Waals surface area contributed by atoms with Gasteiger partial charge in [0.15, 0.2) is 0 Å². The number of fused-ring (bicyclic) bond motifs is 1. The highest BCUT2D eigenvalue weighted by Gasteiger charge is 2.08. The van der Waals surface area contributed by atoms with Crippen LogP contribution >= 0.6 is 11.6 Å². The maximum absolute atomic E-state index is 5.89. The fourth-order valence-corrected chi connectivity index (χ4v) is 1.84. The van der Waals surface area contributed by atoms with Gasteiger partial charge in [0, 0.05) is 11.8 Å². The lowest BCUT2D eigenvalue weighted by Crippen LogP contribution is -2.02. The number of halogens is 1. The third kappa shape index (κ3) is 2.12. The van der Waals surface area contributed by atoms with Crippen molar-refractivity contribution in [1.82, 2.24) is 15.0 Å². The monoisotopic (exact) mass is 223 g/mol. The molecule has 2 heterocycles. The average molecular weight is 224 g/mol. The van der Waals surface area contributed by atoms with E-state index in [2.05, 4.69) is 28.8 Å². The van der Waals surface area contributed by atoms with Crippen LogP contribution in [0.5, 0.6) is 0 Å². The minimum Gasteiger partial charge on any atom is -0.330 e. The van der Waals surface area contributed by atoms with Gasteiger partial charge in [0.1, 0.15) is 16.6 Å². The van der Waals surface area contributed by atoms with Crippen molar-refractivity contribution in [3.63, 3.8) is 0 Å². The second-order valence-corrected chi connectivity index (χ2v) is 4.61. The Morgan fingerprint density at radius 3 is 2.80 bits per heavy atom. The van der Waals surface area contributed by atoms with Crippen LogP contribution in [0, 0.1) is 12.8 Å². The first-order chi connectivity index (χ1) is 7.06. The highest BCUT2D eigenvalue weighted by molar-refractivity contribution is 6.30. The van der Waals surface area contributed by atoms with Crippen molar-refractivity contribution in [3.8, 4) is 0 Å². The van der Waals surface area contributed by atoms with Crippen LogP contribution in [-0.4, -0.2) is 15.0 Å². The molecule has 0 saturated heterocycles. The van der Waals surface area contributed by atoms with Crippen LogP contribution in [0.2, 0.25) is 5.15 Å². The van der Waals surface area contributed by atoms with Crippen molar-refractivity contribution < 1.29 is 0 Å². The molecule has 15 heavy (non-hydrogen) atoms. The van der Waals surface area contributed by atoms with Crippen LogP contribution in [0.1, 0.15) is 25.4 Å². The SMILES string of the molecule is Cc1nc(CC(C)C)nc2[nH]c(Cl)cc12. The van der Waals surface area contributed by atoms with E-state index < -0.39 is 0 Å². The van der Waals surface area contributed by atoms with Gasteiger partial charge < -0.3 is 4.98 Å². The third-order valence-electron chi connectivity index (χ3n) is 2.28. The highest BCUT2D eigenvalue weighted by Crippen LogP contribution is 2.20. The first kappa shape index (κ1) is 10.4. The second-order valence-electron chi connectivity index (χ2n) is 4.20. The zero-order valence-corrected chi connectivity index (χ0v) is 9.89. The number of aromatic nitrogens is 3. The van der Waals surface area contributed by atoms with Gasteiger partial charge in [-0.2, -0.15) is 0 Å². The van der Waals surface area contributed by atoms with Gasteiger partial charge in [-0.1, -0.05) is 25.4 Å². The molecule has 0 unspecified atom stereocenters. The molecular weight excluding hydrogens is 210 g/mol. The molecule has 0 aliphatic carbocycles. The Morgan fingerprint density at radius 1 is 1.40 bits per heavy atom. The van der Waals surface area contributed by atoms with Crippen molar-refractivity contribution in [2.45, 2.75) is 27.2 Å². The number of aryl methyl sites for hydroxylation is 1. The largest absolute Gasteiger partial charge is 0.330 e. The quantitative estimate of drug-likeness (QED) is 0.850. The predicted molar refractivity (Wildman–Crippen MR) is 62.2 cm³/mol. The first-order valence-electron chi connectivity index (χ1n) is 5.08. The number of nitrogens with zero attached hydrogens (tertiary/aromatic N) is 2. The lowest BCUT2D eigenvalue weighted by Gasteiger charge is -2.04. The molecule has 2 rings (SSSR count). The Kier molecular flexibility index (Phi) is 2.65. The Balaban J connectivity index is 2.51. The molecule has 80 valence electrons. The van der Waals surface area contributed by atoms with E-state index in [0.29, 0.717) is 11.1 Å². The molecular formula is C11H14ClN3. The Morgan fingerprint density at radius 2 is 2.13 bits per heavy atom. The summed E-state index contributed by atoms with van der Waals surface area (Å²) in [4.78, 5) is 11.9. The molecule has 1 N–H and O–H groups in total. The zero-order valence-electron chi connectivity index (χ0n) is 9.13. The number of hydrogen-bond acceptors (Lipinski definition) is 2. The van der Waals surface area contributed by atoms with Gasteiger partial charge in [0.05, 0.1) is 5.69 Å². The van der Waals surface area contributed by atoms with Crippen molar-refractivity contribution in [2.75, 3.05) is 0 Å². The van der Waals surface area contributed by atoms with E-state index in [9.17, 15) is 0 Å². The van der Waals surface area contributed by atoms with Crippen LogP contribution in [0.3, 0.4) is 0 Å². The molecule has 0 atom stereocenters. The minimum absolute atomic E-state index is 0.562. The lowest BCUT2D eigenvalue weighted by molar-refractivity contribution is 0.621. The number of aromatic amines is 1. The summed E-state index contributed by atoms with van der Waals surface area (Å²) >= 11 is 5.89. The van der Waals surface area contributed by atoms with E-state index in [1.807, 2.05) is 13.0 Å². The van der Waals surface area contributed by atoms with Gasteiger partial charge in [-0.05, 0) is 18.9 Å². The number of nitrogens with one attached hydrogen (secondary N) is 1. The topological polar surface area (TPSA) is 41.6 Å². The molecule has 3 nitrogen and oxygen atoms in total. The fraction of sp³-hybridized carbons (Fsp3) is 0.455. The normalized spacial score (nSPS) is 11.5. The summed E-state index contributed by atoms with van der Waals surface area (Å²) in [7, 11) is 0. The molecule has 0 amide bonds. The smallest absolute Gasteiger partial charge is 0.142 e. The Labute approximate surface area is 93.9 Å². The van der Waals surface area contributed by atoms with E-state index in [1.54, 1.807) is 0 Å². The van der Waals surface area contributed by atoms with Gasteiger partial charge in [-0.15, -0.1) is 0 Å². The molecule has 0 bridgehead atoms. The highest BCUT2D eigenvalue weighted by atomic mass is 35.5. The van der Waals surface area contributed by atoms with Crippen LogP contribution in [0.4, 0.5) is 0 Å². The second kappa shape index (κ2) is 3.81. The summed E-state index contributed by atoms with van der Waals surface area (Å²) in [5, 5.41) is 1.62. The van der Waals surface area contributed by atoms with Gasteiger partial charge in [0.2, 0.25) is 0 Å². The fourth-order valence-electron chi connectivity index (χ4n) is 1.64. The summed E-state index contributed by atoms with van der Waals surface area (Å²) in [6.45, 7) is 6.30. The minimum atomic E-state index is 0.562. The summed E-state index contributed by atoms with van der Waals surface area (Å²) in [5.41, 5.74) is 1.82. The van der Waals surface area contributed by atoms with Crippen molar-refractivity contribution in [3.05, 3.63) is 22.7 Å². The Hall–Kier alpha value is -1.09. The molecule has 0 saturated carbocycles. The first-order valence-corrected chi connectivity index (χ1v) is 5.46. The molecule has 0 aromatic carbocycles. The van der Waals surface area contributed by atoms with Crippen LogP contribution in [0.25, 0.3) is 11.0 Å². The standard InChI is InChI=1S/C11H14ClN3/c1-6(2)4-10-13-7(3)8-5-9(12)14-11(8)15-10/h5-6H,4H2,1-3H3,(H,13,14,15). The molecule has 2 aromatic heterocycles. The van der Waals surface area contributed by atoms with E-state index in [4.69, 9.17) is 11.6 Å². The zero-order chi connectivity index (χ0) is 11.0. The third-order valence-corrected chi connectivity index (χ3v) is 2.49. The van der Waals surface area contributed by atoms with Crippen molar-refractivity contribution in [1.29, 1.82) is 0 Å². The molecule has 2 aromatic rings. The van der Waals surface area contributed by atoms with Gasteiger partial charge in [-0.3, -0.25) is 0 Å². The summed E-state index contributed by atoms with van der Waals surface area (Å²) in [5.74, 6) is 1.45. The lowest BCUT2D eigenvalue weighted by atomic mass is 10.1. The summed E-state index contributed by atoms with van der Waals surface area (Å²) in [6.07, 6.45) is 0.896. The van der Waals surface area contributed by atoms with Crippen LogP contribution < -0.4 is 0 Å². The predicted octanol–water partition coefficient (Wildman–Crippen LogP) is 3.12. The average Bonchev–Trinajstić information content (AvgIpc) is 2.44. The molecule has 0 spiro atoms. The summed E-state index contributed by atoms with van der Waals surface area (Å²) in [6, 6.07) is 1.87. The van der Waals surface area contributed by atoms with E-state index >= 15 is 0 Å². The number of rotatable bonds is 2. The maximum Gasteiger partial charge on any atom is 0.142 e. The molecule has 0 aliphatic rings. The van der Waals surface area contributed by atoms with Crippen LogP contribution in [-0.2, 0) is 6.42 Å². The summed E-state index contributed by atoms with van der Waals surface area (Å²) < 4.78 is 0. The van der Waals surface area contributed by atoms with E-state index in [0.717, 1.165) is 29.0 Å². The van der Waals surface area contributed by atoms with Crippen molar-refractivity contribution >= 4 is 22.6 Å². The van der Waals surface area contributed by atoms with E-state index in [-0.39, 0.29) is 0 Å².